The van der Waals surface area contributed by atoms with E-state index in [0.29, 0.717) is 23.0 Å². The van der Waals surface area contributed by atoms with Crippen LogP contribution in [0.5, 0.6) is 0 Å². The van der Waals surface area contributed by atoms with E-state index in [1.54, 1.807) is 0 Å². The van der Waals surface area contributed by atoms with Crippen LogP contribution < -0.4 is 21.3 Å². The predicted octanol–water partition coefficient (Wildman–Crippen LogP) is 1.49. The summed E-state index contributed by atoms with van der Waals surface area (Å²) in [6, 6.07) is 2.05. The van der Waals surface area contributed by atoms with E-state index in [2.05, 4.69) is 42.2 Å². The van der Waals surface area contributed by atoms with Crippen molar-refractivity contribution in [1.82, 2.24) is 31.2 Å². The number of hydrogen-bond acceptors (Lipinski definition) is 6. The lowest BCUT2D eigenvalue weighted by atomic mass is 9.96. The molecule has 2 saturated heterocycles. The van der Waals surface area contributed by atoms with Crippen molar-refractivity contribution in [2.45, 2.75) is 94.4 Å². The minimum absolute atomic E-state index is 0.0125. The summed E-state index contributed by atoms with van der Waals surface area (Å²) < 4.78 is 0.612. The van der Waals surface area contributed by atoms with Crippen molar-refractivity contribution < 1.29 is 33.9 Å². The molecule has 2 saturated carbocycles. The lowest BCUT2D eigenvalue weighted by Gasteiger charge is -2.31. The number of para-hydroxylation sites is 1. The van der Waals surface area contributed by atoms with Crippen LogP contribution in [-0.2, 0) is 35.2 Å². The minimum Gasteiger partial charge on any atom is -0.481 e. The second-order valence-electron chi connectivity index (χ2n) is 12.9. The Kier molecular flexibility index (Phi) is 9.34. The highest BCUT2D eigenvalue weighted by Crippen LogP contribution is 2.34. The van der Waals surface area contributed by atoms with Gasteiger partial charge in [-0.2, -0.15) is 0 Å². The van der Waals surface area contributed by atoms with Gasteiger partial charge in [0, 0.05) is 23.9 Å². The molecule has 6 N–H and O–H groups in total. The van der Waals surface area contributed by atoms with E-state index >= 15 is 0 Å². The molecular formula is C32H39BrN6O7. The topological polar surface area (TPSA) is 190 Å². The molecule has 3 heterocycles. The van der Waals surface area contributed by atoms with Gasteiger partial charge in [0.05, 0.1) is 11.0 Å². The average Bonchev–Trinajstić information content (AvgIpc) is 3.38. The van der Waals surface area contributed by atoms with Crippen LogP contribution in [0, 0.1) is 11.8 Å². The van der Waals surface area contributed by atoms with Gasteiger partial charge in [0.15, 0.2) is 0 Å². The van der Waals surface area contributed by atoms with Crippen molar-refractivity contribution in [3.8, 4) is 0 Å². The Labute approximate surface area is 274 Å². The Bertz CT molecular complexity index is 1550. The van der Waals surface area contributed by atoms with Crippen LogP contribution in [0.4, 0.5) is 0 Å². The summed E-state index contributed by atoms with van der Waals surface area (Å²) in [5.74, 6) is -4.51. The number of carbonyl (C=O) groups is 6. The molecule has 0 bridgehead atoms. The van der Waals surface area contributed by atoms with Gasteiger partial charge in [-0.3, -0.25) is 28.8 Å². The van der Waals surface area contributed by atoms with Crippen molar-refractivity contribution in [2.24, 2.45) is 11.8 Å². The second-order valence-corrected chi connectivity index (χ2v) is 13.7. The molecule has 4 fully saturated rings. The van der Waals surface area contributed by atoms with E-state index in [9.17, 15) is 33.9 Å². The number of carboxylic acids is 1. The largest absolute Gasteiger partial charge is 0.481 e. The molecule has 4 aliphatic rings. The molecule has 246 valence electrons. The Morgan fingerprint density at radius 2 is 1.41 bits per heavy atom. The van der Waals surface area contributed by atoms with E-state index < -0.39 is 72.1 Å². The number of halogens is 1. The number of hydrogen-bond donors (Lipinski definition) is 6. The number of rotatable bonds is 6. The van der Waals surface area contributed by atoms with Crippen LogP contribution >= 0.6 is 15.9 Å². The molecule has 0 spiro atoms. The van der Waals surface area contributed by atoms with Crippen LogP contribution in [0.1, 0.15) is 63.4 Å². The third-order valence-corrected chi connectivity index (χ3v) is 10.4. The van der Waals surface area contributed by atoms with Crippen LogP contribution in [0.25, 0.3) is 10.9 Å². The molecule has 0 radical (unpaired) electrons. The number of carboxylic acid groups (broad SMARTS) is 1. The lowest BCUT2D eigenvalue weighted by molar-refractivity contribution is -0.146. The quantitative estimate of drug-likeness (QED) is 0.263. The number of aliphatic carboxylic acids is 1. The van der Waals surface area contributed by atoms with Gasteiger partial charge in [0.1, 0.15) is 30.2 Å². The monoisotopic (exact) mass is 698 g/mol. The second kappa shape index (κ2) is 13.4. The summed E-state index contributed by atoms with van der Waals surface area (Å²) in [6.07, 6.45) is 4.91. The van der Waals surface area contributed by atoms with Gasteiger partial charge in [-0.15, -0.1) is 0 Å². The molecule has 1 aromatic carbocycles. The Balaban J connectivity index is 1.38. The van der Waals surface area contributed by atoms with E-state index in [1.807, 2.05) is 24.3 Å². The van der Waals surface area contributed by atoms with Gasteiger partial charge in [0.25, 0.3) is 0 Å². The number of nitrogens with one attached hydrogen (secondary N) is 5. The fourth-order valence-electron chi connectivity index (χ4n) is 7.20. The Hall–Kier alpha value is -3.94. The van der Waals surface area contributed by atoms with Crippen LogP contribution in [0.15, 0.2) is 28.9 Å². The zero-order valence-corrected chi connectivity index (χ0v) is 26.9. The highest BCUT2D eigenvalue weighted by atomic mass is 79.9. The molecule has 0 unspecified atom stereocenters. The summed E-state index contributed by atoms with van der Waals surface area (Å²) in [5, 5.41) is 21.8. The average molecular weight is 700 g/mol. The van der Waals surface area contributed by atoms with Crippen molar-refractivity contribution >= 4 is 62.3 Å². The molecule has 5 amide bonds. The van der Waals surface area contributed by atoms with Gasteiger partial charge in [-0.05, 0) is 77.9 Å². The molecule has 5 atom stereocenters. The first kappa shape index (κ1) is 32.0. The molecular weight excluding hydrogens is 660 g/mol. The number of benzene rings is 1. The fraction of sp³-hybridized carbons (Fsp3) is 0.562. The third kappa shape index (κ3) is 6.76. The van der Waals surface area contributed by atoms with Crippen LogP contribution in [-0.4, -0.2) is 87.2 Å². The normalized spacial score (nSPS) is 28.6. The molecule has 6 rings (SSSR count). The Morgan fingerprint density at radius 3 is 2.11 bits per heavy atom. The number of H-pyrrole nitrogens is 1. The number of fused-ring (bicyclic) bond motifs is 2. The molecule has 46 heavy (non-hydrogen) atoms. The first-order valence-corrected chi connectivity index (χ1v) is 16.9. The molecule has 2 aliphatic heterocycles. The number of aromatic amines is 1. The maximum absolute atomic E-state index is 14.0. The maximum Gasteiger partial charge on any atom is 0.305 e. The minimum atomic E-state index is -1.47. The van der Waals surface area contributed by atoms with Gasteiger partial charge in [0.2, 0.25) is 29.5 Å². The first-order valence-electron chi connectivity index (χ1n) is 16.1. The van der Waals surface area contributed by atoms with Gasteiger partial charge in [-0.1, -0.05) is 31.0 Å². The highest BCUT2D eigenvalue weighted by molar-refractivity contribution is 9.10. The summed E-state index contributed by atoms with van der Waals surface area (Å²) in [5.41, 5.74) is 1.52. The van der Waals surface area contributed by atoms with Gasteiger partial charge < -0.3 is 36.3 Å². The fourth-order valence-corrected chi connectivity index (χ4v) is 7.79. The molecule has 14 heteroatoms. The number of aromatic nitrogens is 1. The number of amides is 5. The number of carbonyl (C=O) groups excluding carboxylic acids is 5. The third-order valence-electron chi connectivity index (χ3n) is 9.76. The summed E-state index contributed by atoms with van der Waals surface area (Å²) in [4.78, 5) is 85.7. The van der Waals surface area contributed by atoms with Crippen LogP contribution in [0.3, 0.4) is 0 Å². The van der Waals surface area contributed by atoms with Gasteiger partial charge >= 0.3 is 5.97 Å². The zero-order chi connectivity index (χ0) is 32.5. The molecule has 2 aliphatic carbocycles. The zero-order valence-electron chi connectivity index (χ0n) is 25.4. The lowest BCUT2D eigenvalue weighted by Crippen LogP contribution is -2.59. The maximum atomic E-state index is 14.0. The van der Waals surface area contributed by atoms with Crippen molar-refractivity contribution in [2.75, 3.05) is 6.54 Å². The SMILES string of the molecule is O=C(O)C[C@H]1NC(=O)[C@H](Cc2c(Br)[nH]c3ccccc23)NC(=O)[C@@H](C2CC2)NC(=O)[C@@H](C2CCCC2)NC(=O)[C@@H]2CCCN2C1=O. The van der Waals surface area contributed by atoms with E-state index in [-0.39, 0.29) is 24.8 Å². The smallest absolute Gasteiger partial charge is 0.305 e. The first-order chi connectivity index (χ1) is 22.1. The Morgan fingerprint density at radius 1 is 0.783 bits per heavy atom. The van der Waals surface area contributed by atoms with Crippen molar-refractivity contribution in [3.63, 3.8) is 0 Å². The van der Waals surface area contributed by atoms with Crippen LogP contribution in [0.2, 0.25) is 0 Å². The van der Waals surface area contributed by atoms with Gasteiger partial charge in [-0.25, -0.2) is 0 Å². The predicted molar refractivity (Wildman–Crippen MR) is 169 cm³/mol. The van der Waals surface area contributed by atoms with E-state index in [4.69, 9.17) is 0 Å². The van der Waals surface area contributed by atoms with Crippen molar-refractivity contribution in [3.05, 3.63) is 34.4 Å². The standard InChI is InChI=1S/C32H39BrN6O7/c33-27-19(18-8-3-4-9-20(18)34-27)14-21-28(42)36-22(15-24(40)41)32(46)39-13-5-10-23(39)29(43)37-25(16-6-1-2-7-16)31(45)38-26(17-11-12-17)30(44)35-21/h3-4,8-9,16-17,21-23,25-26,34H,1-2,5-7,10-15H2,(H,35,44)(H,36,42)(H,37,43)(H,38,45)(H,40,41)/t21-,22+,23-,25+,26+/m0/s1. The number of nitrogens with zero attached hydrogens (tertiary/aromatic N) is 1. The molecule has 2 aromatic rings. The summed E-state index contributed by atoms with van der Waals surface area (Å²) in [7, 11) is 0. The summed E-state index contributed by atoms with van der Waals surface area (Å²) >= 11 is 3.53. The highest BCUT2D eigenvalue weighted by Gasteiger charge is 2.45. The molecule has 13 nitrogen and oxygen atoms in total. The molecule has 1 aromatic heterocycles. The summed E-state index contributed by atoms with van der Waals surface area (Å²) in [6.45, 7) is 0.204. The van der Waals surface area contributed by atoms with E-state index in [0.717, 1.165) is 49.4 Å². The van der Waals surface area contributed by atoms with Crippen molar-refractivity contribution in [1.29, 1.82) is 0 Å². The van der Waals surface area contributed by atoms with E-state index in [1.165, 1.54) is 4.90 Å².